The lowest BCUT2D eigenvalue weighted by atomic mass is 10.1. The van der Waals surface area contributed by atoms with E-state index in [0.29, 0.717) is 5.56 Å². The SMILES string of the molecule is O=C(Cc1ccccc1F)N1CCN(S(=O)(=O)c2ccc(Cl)c(Cl)c2)CC1. The number of nitrogens with zero attached hydrogens (tertiary/aromatic N) is 2. The Hall–Kier alpha value is -1.67. The van der Waals surface area contributed by atoms with E-state index in [0.717, 1.165) is 0 Å². The number of rotatable bonds is 4. The van der Waals surface area contributed by atoms with Crippen LogP contribution in [-0.2, 0) is 21.2 Å². The molecule has 0 radical (unpaired) electrons. The van der Waals surface area contributed by atoms with E-state index in [-0.39, 0.29) is 53.4 Å². The van der Waals surface area contributed by atoms with Crippen LogP contribution in [0.4, 0.5) is 4.39 Å². The highest BCUT2D eigenvalue weighted by Gasteiger charge is 2.30. The van der Waals surface area contributed by atoms with Gasteiger partial charge in [-0.1, -0.05) is 41.4 Å². The van der Waals surface area contributed by atoms with Crippen LogP contribution in [0.5, 0.6) is 0 Å². The van der Waals surface area contributed by atoms with Gasteiger partial charge in [-0.25, -0.2) is 12.8 Å². The van der Waals surface area contributed by atoms with Crippen molar-refractivity contribution < 1.29 is 17.6 Å². The summed E-state index contributed by atoms with van der Waals surface area (Å²) in [7, 11) is -3.72. The van der Waals surface area contributed by atoms with Crippen molar-refractivity contribution in [3.05, 3.63) is 63.9 Å². The second-order valence-corrected chi connectivity index (χ2v) is 8.88. The molecule has 9 heteroatoms. The summed E-state index contributed by atoms with van der Waals surface area (Å²) in [4.78, 5) is 14.0. The van der Waals surface area contributed by atoms with Crippen LogP contribution in [0, 0.1) is 5.82 Å². The van der Waals surface area contributed by atoms with Gasteiger partial charge in [0.2, 0.25) is 15.9 Å². The summed E-state index contributed by atoms with van der Waals surface area (Å²) < 4.78 is 40.5. The maximum absolute atomic E-state index is 13.7. The van der Waals surface area contributed by atoms with Gasteiger partial charge < -0.3 is 4.90 Å². The molecule has 3 rings (SSSR count). The Morgan fingerprint density at radius 3 is 2.30 bits per heavy atom. The highest BCUT2D eigenvalue weighted by atomic mass is 35.5. The number of hydrogen-bond donors (Lipinski definition) is 0. The Labute approximate surface area is 167 Å². The molecule has 1 heterocycles. The smallest absolute Gasteiger partial charge is 0.243 e. The molecule has 0 aromatic heterocycles. The van der Waals surface area contributed by atoms with E-state index in [1.165, 1.54) is 28.6 Å². The van der Waals surface area contributed by atoms with Crippen molar-refractivity contribution in [1.29, 1.82) is 0 Å². The van der Waals surface area contributed by atoms with Gasteiger partial charge in [0.15, 0.2) is 0 Å². The molecule has 27 heavy (non-hydrogen) atoms. The first-order valence-electron chi connectivity index (χ1n) is 8.25. The lowest BCUT2D eigenvalue weighted by Gasteiger charge is -2.34. The summed E-state index contributed by atoms with van der Waals surface area (Å²) in [6.45, 7) is 0.804. The molecule has 0 N–H and O–H groups in total. The zero-order valence-corrected chi connectivity index (χ0v) is 16.6. The van der Waals surface area contributed by atoms with Crippen molar-refractivity contribution in [2.75, 3.05) is 26.2 Å². The molecule has 1 saturated heterocycles. The zero-order valence-electron chi connectivity index (χ0n) is 14.2. The summed E-state index contributed by atoms with van der Waals surface area (Å²) in [5.74, 6) is -0.654. The molecular formula is C18H17Cl2FN2O3S. The van der Waals surface area contributed by atoms with Crippen molar-refractivity contribution in [3.8, 4) is 0 Å². The van der Waals surface area contributed by atoms with Crippen molar-refractivity contribution in [3.63, 3.8) is 0 Å². The number of amides is 1. The van der Waals surface area contributed by atoms with Gasteiger partial charge in [0.05, 0.1) is 21.4 Å². The highest BCUT2D eigenvalue weighted by Crippen LogP contribution is 2.27. The van der Waals surface area contributed by atoms with Gasteiger partial charge in [0, 0.05) is 26.2 Å². The second-order valence-electron chi connectivity index (χ2n) is 6.13. The molecule has 1 amide bonds. The molecule has 1 fully saturated rings. The fourth-order valence-electron chi connectivity index (χ4n) is 2.88. The first kappa shape index (κ1) is 20.1. The molecule has 0 spiro atoms. The minimum Gasteiger partial charge on any atom is -0.340 e. The summed E-state index contributed by atoms with van der Waals surface area (Å²) in [5.41, 5.74) is 0.327. The third-order valence-electron chi connectivity index (χ3n) is 4.42. The maximum atomic E-state index is 13.7. The summed E-state index contributed by atoms with van der Waals surface area (Å²) >= 11 is 11.8. The van der Waals surface area contributed by atoms with Gasteiger partial charge >= 0.3 is 0 Å². The lowest BCUT2D eigenvalue weighted by Crippen LogP contribution is -2.50. The maximum Gasteiger partial charge on any atom is 0.243 e. The topological polar surface area (TPSA) is 57.7 Å². The molecule has 144 valence electrons. The average molecular weight is 431 g/mol. The van der Waals surface area contributed by atoms with E-state index < -0.39 is 15.8 Å². The minimum absolute atomic E-state index is 0.0494. The largest absolute Gasteiger partial charge is 0.340 e. The van der Waals surface area contributed by atoms with Crippen molar-refractivity contribution >= 4 is 39.1 Å². The Morgan fingerprint density at radius 2 is 1.67 bits per heavy atom. The Kier molecular flexibility index (Phi) is 6.05. The Bertz CT molecular complexity index is 961. The number of halogens is 3. The molecule has 0 unspecified atom stereocenters. The first-order valence-corrected chi connectivity index (χ1v) is 10.4. The van der Waals surface area contributed by atoms with E-state index in [1.54, 1.807) is 23.1 Å². The van der Waals surface area contributed by atoms with Gasteiger partial charge in [-0.3, -0.25) is 4.79 Å². The summed E-state index contributed by atoms with van der Waals surface area (Å²) in [6.07, 6.45) is -0.0494. The molecule has 0 saturated carbocycles. The van der Waals surface area contributed by atoms with Gasteiger partial charge in [-0.15, -0.1) is 0 Å². The molecule has 2 aromatic carbocycles. The zero-order chi connectivity index (χ0) is 19.6. The molecule has 1 aliphatic rings. The van der Waals surface area contributed by atoms with E-state index in [2.05, 4.69) is 0 Å². The number of sulfonamides is 1. The van der Waals surface area contributed by atoms with Crippen LogP contribution in [0.25, 0.3) is 0 Å². The normalized spacial score (nSPS) is 15.7. The Morgan fingerprint density at radius 1 is 1.00 bits per heavy atom. The van der Waals surface area contributed by atoms with Crippen molar-refractivity contribution in [2.24, 2.45) is 0 Å². The second kappa shape index (κ2) is 8.14. The summed E-state index contributed by atoms with van der Waals surface area (Å²) in [6, 6.07) is 10.3. The van der Waals surface area contributed by atoms with Gasteiger partial charge in [0.25, 0.3) is 0 Å². The van der Waals surface area contributed by atoms with Crippen LogP contribution >= 0.6 is 23.2 Å². The molecule has 5 nitrogen and oxygen atoms in total. The van der Waals surface area contributed by atoms with Crippen LogP contribution in [-0.4, -0.2) is 49.7 Å². The molecule has 0 bridgehead atoms. The number of carbonyl (C=O) groups excluding carboxylic acids is 1. The third kappa shape index (κ3) is 4.43. The molecule has 0 atom stereocenters. The van der Waals surface area contributed by atoms with Crippen molar-refractivity contribution in [1.82, 2.24) is 9.21 Å². The van der Waals surface area contributed by atoms with Crippen molar-refractivity contribution in [2.45, 2.75) is 11.3 Å². The van der Waals surface area contributed by atoms with E-state index >= 15 is 0 Å². The third-order valence-corrected chi connectivity index (χ3v) is 7.05. The first-order chi connectivity index (χ1) is 12.8. The lowest BCUT2D eigenvalue weighted by molar-refractivity contribution is -0.131. The highest BCUT2D eigenvalue weighted by molar-refractivity contribution is 7.89. The number of hydrogen-bond acceptors (Lipinski definition) is 3. The monoisotopic (exact) mass is 430 g/mol. The van der Waals surface area contributed by atoms with E-state index in [4.69, 9.17) is 23.2 Å². The molecule has 1 aliphatic heterocycles. The predicted molar refractivity (Wildman–Crippen MR) is 102 cm³/mol. The number of carbonyl (C=O) groups is 1. The number of piperazine rings is 1. The predicted octanol–water partition coefficient (Wildman–Crippen LogP) is 3.21. The fourth-order valence-corrected chi connectivity index (χ4v) is 4.69. The van der Waals surface area contributed by atoms with E-state index in [1.807, 2.05) is 0 Å². The van der Waals surface area contributed by atoms with Crippen LogP contribution in [0.15, 0.2) is 47.4 Å². The average Bonchev–Trinajstić information content (AvgIpc) is 2.65. The number of benzene rings is 2. The quantitative estimate of drug-likeness (QED) is 0.747. The van der Waals surface area contributed by atoms with Crippen LogP contribution in [0.3, 0.4) is 0 Å². The van der Waals surface area contributed by atoms with Crippen LogP contribution < -0.4 is 0 Å². The van der Waals surface area contributed by atoms with E-state index in [9.17, 15) is 17.6 Å². The minimum atomic E-state index is -3.72. The van der Waals surface area contributed by atoms with Gasteiger partial charge in [-0.2, -0.15) is 4.31 Å². The molecule has 2 aromatic rings. The Balaban J connectivity index is 1.65. The molecule has 0 aliphatic carbocycles. The fraction of sp³-hybridized carbons (Fsp3) is 0.278. The van der Waals surface area contributed by atoms with Crippen LogP contribution in [0.2, 0.25) is 10.0 Å². The van der Waals surface area contributed by atoms with Gasteiger partial charge in [-0.05, 0) is 29.8 Å². The van der Waals surface area contributed by atoms with Crippen LogP contribution in [0.1, 0.15) is 5.56 Å². The standard InChI is InChI=1S/C18H17Cl2FN2O3S/c19-15-6-5-14(12-16(15)20)27(25,26)23-9-7-22(8-10-23)18(24)11-13-3-1-2-4-17(13)21/h1-6,12H,7-11H2. The molecular weight excluding hydrogens is 414 g/mol. The van der Waals surface area contributed by atoms with Gasteiger partial charge in [0.1, 0.15) is 5.82 Å². The summed E-state index contributed by atoms with van der Waals surface area (Å²) in [5, 5.41) is 0.440.